The van der Waals surface area contributed by atoms with Crippen molar-refractivity contribution in [2.45, 2.75) is 26.3 Å². The van der Waals surface area contributed by atoms with Crippen LogP contribution in [0, 0.1) is 0 Å². The van der Waals surface area contributed by atoms with E-state index in [0.29, 0.717) is 5.92 Å². The van der Waals surface area contributed by atoms with Crippen molar-refractivity contribution in [1.29, 1.82) is 0 Å². The lowest BCUT2D eigenvalue weighted by atomic mass is 10.1. The molecule has 17 heavy (non-hydrogen) atoms. The molecule has 0 spiro atoms. The van der Waals surface area contributed by atoms with Crippen LogP contribution in [-0.2, 0) is 11.3 Å². The Hall–Kier alpha value is -1.48. The molecular weight excluding hydrogens is 212 g/mol. The van der Waals surface area contributed by atoms with E-state index in [2.05, 4.69) is 30.5 Å². The number of rotatable bonds is 4. The van der Waals surface area contributed by atoms with Gasteiger partial charge in [-0.3, -0.25) is 0 Å². The number of nitrogen functional groups attached to an aromatic ring is 1. The van der Waals surface area contributed by atoms with Crippen molar-refractivity contribution in [2.75, 3.05) is 19.5 Å². The number of methoxy groups -OCH3 is 1. The summed E-state index contributed by atoms with van der Waals surface area (Å²) in [6, 6.07) is 8.30. The molecule has 92 valence electrons. The third-order valence-electron chi connectivity index (χ3n) is 3.07. The molecular formula is C14H20N2O. The summed E-state index contributed by atoms with van der Waals surface area (Å²) in [5.41, 5.74) is 9.21. The molecule has 0 unspecified atom stereocenters. The normalized spacial score (nSPS) is 11.5. The SMILES string of the molecule is COCCn1c(C(C)C)cc2cc(N)ccc21. The highest BCUT2D eigenvalue weighted by Gasteiger charge is 2.11. The van der Waals surface area contributed by atoms with Crippen LogP contribution in [0.5, 0.6) is 0 Å². The third kappa shape index (κ3) is 2.29. The van der Waals surface area contributed by atoms with Gasteiger partial charge in [0, 0.05) is 35.9 Å². The maximum Gasteiger partial charge on any atom is 0.0642 e. The molecule has 1 heterocycles. The Balaban J connectivity index is 2.54. The Morgan fingerprint density at radius 3 is 2.71 bits per heavy atom. The van der Waals surface area contributed by atoms with Gasteiger partial charge in [-0.15, -0.1) is 0 Å². The molecule has 2 aromatic rings. The lowest BCUT2D eigenvalue weighted by molar-refractivity contribution is 0.187. The molecule has 0 radical (unpaired) electrons. The van der Waals surface area contributed by atoms with Crippen LogP contribution in [0.25, 0.3) is 10.9 Å². The molecule has 0 fully saturated rings. The fourth-order valence-electron chi connectivity index (χ4n) is 2.22. The van der Waals surface area contributed by atoms with Crippen molar-refractivity contribution < 1.29 is 4.74 Å². The minimum atomic E-state index is 0.500. The van der Waals surface area contributed by atoms with E-state index in [1.54, 1.807) is 7.11 Å². The fourth-order valence-corrected chi connectivity index (χ4v) is 2.22. The van der Waals surface area contributed by atoms with Crippen LogP contribution in [0.15, 0.2) is 24.3 Å². The molecule has 0 atom stereocenters. The maximum atomic E-state index is 5.83. The quantitative estimate of drug-likeness (QED) is 0.823. The molecule has 1 aromatic heterocycles. The van der Waals surface area contributed by atoms with Crippen molar-refractivity contribution >= 4 is 16.6 Å². The average molecular weight is 232 g/mol. The largest absolute Gasteiger partial charge is 0.399 e. The van der Waals surface area contributed by atoms with Crippen molar-refractivity contribution in [1.82, 2.24) is 4.57 Å². The monoisotopic (exact) mass is 232 g/mol. The summed E-state index contributed by atoms with van der Waals surface area (Å²) >= 11 is 0. The number of hydrogen-bond acceptors (Lipinski definition) is 2. The zero-order valence-electron chi connectivity index (χ0n) is 10.7. The molecule has 0 aliphatic rings. The first-order valence-corrected chi connectivity index (χ1v) is 6.01. The van der Waals surface area contributed by atoms with Gasteiger partial charge in [0.1, 0.15) is 0 Å². The van der Waals surface area contributed by atoms with Crippen LogP contribution < -0.4 is 5.73 Å². The summed E-state index contributed by atoms with van der Waals surface area (Å²) in [7, 11) is 1.73. The molecule has 0 bridgehead atoms. The first-order valence-electron chi connectivity index (χ1n) is 6.01. The van der Waals surface area contributed by atoms with Gasteiger partial charge in [-0.1, -0.05) is 13.8 Å². The fraction of sp³-hybridized carbons (Fsp3) is 0.429. The Morgan fingerprint density at radius 1 is 1.29 bits per heavy atom. The number of fused-ring (bicyclic) bond motifs is 1. The van der Waals surface area contributed by atoms with Crippen molar-refractivity contribution in [3.05, 3.63) is 30.0 Å². The lowest BCUT2D eigenvalue weighted by Crippen LogP contribution is -2.08. The van der Waals surface area contributed by atoms with Gasteiger partial charge in [-0.05, 0) is 30.2 Å². The van der Waals surface area contributed by atoms with E-state index in [4.69, 9.17) is 10.5 Å². The molecule has 0 amide bonds. The minimum absolute atomic E-state index is 0.500. The minimum Gasteiger partial charge on any atom is -0.399 e. The molecule has 0 saturated heterocycles. The van der Waals surface area contributed by atoms with Crippen molar-refractivity contribution in [3.8, 4) is 0 Å². The smallest absolute Gasteiger partial charge is 0.0642 e. The Bertz CT molecular complexity index is 514. The average Bonchev–Trinajstić information content (AvgIpc) is 2.64. The molecule has 0 saturated carbocycles. The van der Waals surface area contributed by atoms with Gasteiger partial charge in [0.25, 0.3) is 0 Å². The van der Waals surface area contributed by atoms with Crippen LogP contribution in [-0.4, -0.2) is 18.3 Å². The number of aromatic nitrogens is 1. The van der Waals surface area contributed by atoms with E-state index in [-0.39, 0.29) is 0 Å². The topological polar surface area (TPSA) is 40.2 Å². The van der Waals surface area contributed by atoms with Crippen molar-refractivity contribution in [2.24, 2.45) is 0 Å². The van der Waals surface area contributed by atoms with Gasteiger partial charge in [0.05, 0.1) is 6.61 Å². The number of benzene rings is 1. The zero-order chi connectivity index (χ0) is 12.4. The molecule has 1 aromatic carbocycles. The summed E-state index contributed by atoms with van der Waals surface area (Å²) in [5, 5.41) is 1.21. The Kier molecular flexibility index (Phi) is 3.38. The number of hydrogen-bond donors (Lipinski definition) is 1. The van der Waals surface area contributed by atoms with E-state index >= 15 is 0 Å². The van der Waals surface area contributed by atoms with E-state index in [1.807, 2.05) is 12.1 Å². The molecule has 2 N–H and O–H groups in total. The lowest BCUT2D eigenvalue weighted by Gasteiger charge is -2.12. The van der Waals surface area contributed by atoms with E-state index in [0.717, 1.165) is 18.8 Å². The van der Waals surface area contributed by atoms with Gasteiger partial charge in [0.2, 0.25) is 0 Å². The summed E-state index contributed by atoms with van der Waals surface area (Å²) < 4.78 is 7.50. The van der Waals surface area contributed by atoms with E-state index in [1.165, 1.54) is 16.6 Å². The number of nitrogens with two attached hydrogens (primary N) is 1. The van der Waals surface area contributed by atoms with Crippen LogP contribution >= 0.6 is 0 Å². The molecule has 0 aliphatic heterocycles. The number of ether oxygens (including phenoxy) is 1. The van der Waals surface area contributed by atoms with Gasteiger partial charge >= 0.3 is 0 Å². The van der Waals surface area contributed by atoms with Gasteiger partial charge in [0.15, 0.2) is 0 Å². The summed E-state index contributed by atoms with van der Waals surface area (Å²) in [4.78, 5) is 0. The third-order valence-corrected chi connectivity index (χ3v) is 3.07. The first-order chi connectivity index (χ1) is 8.13. The van der Waals surface area contributed by atoms with Crippen LogP contribution in [0.2, 0.25) is 0 Å². The van der Waals surface area contributed by atoms with Gasteiger partial charge in [-0.25, -0.2) is 0 Å². The van der Waals surface area contributed by atoms with Gasteiger partial charge < -0.3 is 15.0 Å². The predicted octanol–water partition coefficient (Wildman–Crippen LogP) is 2.99. The van der Waals surface area contributed by atoms with Gasteiger partial charge in [-0.2, -0.15) is 0 Å². The summed E-state index contributed by atoms with van der Waals surface area (Å²) in [6.07, 6.45) is 0. The second-order valence-electron chi connectivity index (χ2n) is 4.69. The maximum absolute atomic E-state index is 5.83. The van der Waals surface area contributed by atoms with E-state index < -0.39 is 0 Å². The van der Waals surface area contributed by atoms with E-state index in [9.17, 15) is 0 Å². The standard InChI is InChI=1S/C14H20N2O/c1-10(2)14-9-11-8-12(15)4-5-13(11)16(14)6-7-17-3/h4-5,8-10H,6-7,15H2,1-3H3. The van der Waals surface area contributed by atoms with Crippen LogP contribution in [0.3, 0.4) is 0 Å². The molecule has 3 heteroatoms. The zero-order valence-corrected chi connectivity index (χ0v) is 10.7. The van der Waals surface area contributed by atoms with Crippen LogP contribution in [0.4, 0.5) is 5.69 Å². The Labute approximate surface area is 102 Å². The van der Waals surface area contributed by atoms with Crippen LogP contribution in [0.1, 0.15) is 25.5 Å². The van der Waals surface area contributed by atoms with Crippen molar-refractivity contribution in [3.63, 3.8) is 0 Å². The highest BCUT2D eigenvalue weighted by atomic mass is 16.5. The number of anilines is 1. The highest BCUT2D eigenvalue weighted by molar-refractivity contribution is 5.84. The molecule has 0 aliphatic carbocycles. The first kappa shape index (κ1) is 12.0. The highest BCUT2D eigenvalue weighted by Crippen LogP contribution is 2.26. The second-order valence-corrected chi connectivity index (χ2v) is 4.69. The molecule has 2 rings (SSSR count). The summed E-state index contributed by atoms with van der Waals surface area (Å²) in [6.45, 7) is 6.03. The Morgan fingerprint density at radius 2 is 2.06 bits per heavy atom. The number of nitrogens with zero attached hydrogens (tertiary/aromatic N) is 1. The second kappa shape index (κ2) is 4.80. The summed E-state index contributed by atoms with van der Waals surface area (Å²) in [5.74, 6) is 0.500. The molecule has 3 nitrogen and oxygen atoms in total. The predicted molar refractivity (Wildman–Crippen MR) is 72.3 cm³/mol.